The van der Waals surface area contributed by atoms with E-state index < -0.39 is 11.7 Å². The van der Waals surface area contributed by atoms with Gasteiger partial charge in [-0.15, -0.1) is 5.10 Å². The van der Waals surface area contributed by atoms with Crippen molar-refractivity contribution in [2.45, 2.75) is 37.1 Å². The molecule has 0 amide bonds. The lowest BCUT2D eigenvalue weighted by atomic mass is 9.80. The minimum atomic E-state index is -0.856. The predicted octanol–water partition coefficient (Wildman–Crippen LogP) is 3.55. The van der Waals surface area contributed by atoms with Gasteiger partial charge in [-0.05, 0) is 36.1 Å². The number of fused-ring (bicyclic) bond motifs is 1. The third kappa shape index (κ3) is 4.53. The third-order valence-corrected chi connectivity index (χ3v) is 6.56. The number of nitrogens with zero attached hydrogens (tertiary/aromatic N) is 3. The number of rotatable bonds is 7. The van der Waals surface area contributed by atoms with Crippen LogP contribution in [0.2, 0.25) is 0 Å². The summed E-state index contributed by atoms with van der Waals surface area (Å²) in [7, 11) is 0. The molecule has 0 spiro atoms. The molecule has 0 bridgehead atoms. The smallest absolute Gasteiger partial charge is 0.143 e. The minimum Gasteiger partial charge on any atom is -0.389 e. The maximum atomic E-state index is 11.3. The Hall–Kier alpha value is -3.32. The van der Waals surface area contributed by atoms with Gasteiger partial charge in [-0.2, -0.15) is 0 Å². The molecule has 6 nitrogen and oxygen atoms in total. The molecular weight excluding hydrogens is 424 g/mol. The molecule has 2 N–H and O–H groups in total. The first kappa shape index (κ1) is 22.5. The number of hydrogen-bond acceptors (Lipinski definition) is 5. The largest absolute Gasteiger partial charge is 0.389 e. The number of ether oxygens (including phenoxy) is 1. The normalized spacial score (nSPS) is 17.4. The van der Waals surface area contributed by atoms with Crippen molar-refractivity contribution >= 4 is 0 Å². The van der Waals surface area contributed by atoms with Crippen LogP contribution in [0.25, 0.3) is 0 Å². The van der Waals surface area contributed by atoms with Crippen LogP contribution in [0.1, 0.15) is 28.8 Å². The molecule has 174 valence electrons. The molecule has 1 aliphatic heterocycles. The Morgan fingerprint density at radius 2 is 1.47 bits per heavy atom. The van der Waals surface area contributed by atoms with Gasteiger partial charge in [0.15, 0.2) is 0 Å². The number of aliphatic hydroxyl groups excluding tert-OH is 1. The molecule has 6 heteroatoms. The van der Waals surface area contributed by atoms with E-state index in [0.717, 1.165) is 41.8 Å². The summed E-state index contributed by atoms with van der Waals surface area (Å²) in [6, 6.07) is 30.5. The first-order valence-corrected chi connectivity index (χ1v) is 11.9. The second-order valence-corrected chi connectivity index (χ2v) is 8.73. The molecule has 1 aliphatic rings. The van der Waals surface area contributed by atoms with Crippen LogP contribution >= 0.6 is 0 Å². The summed E-state index contributed by atoms with van der Waals surface area (Å²) in [5, 5.41) is 23.1. The van der Waals surface area contributed by atoms with E-state index in [1.807, 2.05) is 65.5 Å². The van der Waals surface area contributed by atoms with Crippen LogP contribution in [0, 0.1) is 0 Å². The molecule has 3 aromatic carbocycles. The fourth-order valence-corrected chi connectivity index (χ4v) is 4.79. The summed E-state index contributed by atoms with van der Waals surface area (Å²) in [6.07, 6.45) is 2.99. The highest BCUT2D eigenvalue weighted by molar-refractivity contribution is 5.47. The molecule has 0 aliphatic carbocycles. The van der Waals surface area contributed by atoms with Crippen LogP contribution in [0.15, 0.2) is 97.2 Å². The van der Waals surface area contributed by atoms with Crippen molar-refractivity contribution < 1.29 is 9.84 Å². The van der Waals surface area contributed by atoms with Crippen LogP contribution in [0.5, 0.6) is 0 Å². The van der Waals surface area contributed by atoms with Crippen molar-refractivity contribution in [1.29, 1.82) is 0 Å². The highest BCUT2D eigenvalue weighted by atomic mass is 16.5. The lowest BCUT2D eigenvalue weighted by Crippen LogP contribution is -2.48. The maximum Gasteiger partial charge on any atom is 0.143 e. The Morgan fingerprint density at radius 3 is 2.03 bits per heavy atom. The van der Waals surface area contributed by atoms with Gasteiger partial charge in [0.1, 0.15) is 5.60 Å². The zero-order valence-corrected chi connectivity index (χ0v) is 19.1. The number of aliphatic hydroxyl groups is 1. The van der Waals surface area contributed by atoms with E-state index >= 15 is 0 Å². The van der Waals surface area contributed by atoms with Crippen molar-refractivity contribution in [3.8, 4) is 0 Å². The number of aryl methyl sites for hydroxylation is 1. The van der Waals surface area contributed by atoms with E-state index in [4.69, 9.17) is 4.74 Å². The van der Waals surface area contributed by atoms with Crippen LogP contribution in [0.4, 0.5) is 0 Å². The van der Waals surface area contributed by atoms with Gasteiger partial charge in [-0.25, -0.2) is 4.68 Å². The van der Waals surface area contributed by atoms with E-state index in [2.05, 4.69) is 52.0 Å². The number of nitrogens with one attached hydrogen (secondary N) is 1. The summed E-state index contributed by atoms with van der Waals surface area (Å²) in [6.45, 7) is 1.53. The van der Waals surface area contributed by atoms with Crippen molar-refractivity contribution in [1.82, 2.24) is 20.3 Å². The average Bonchev–Trinajstić information content (AvgIpc) is 3.32. The average molecular weight is 455 g/mol. The van der Waals surface area contributed by atoms with Crippen LogP contribution in [-0.2, 0) is 23.3 Å². The Kier molecular flexibility index (Phi) is 6.81. The molecular formula is C28H30N4O2. The minimum absolute atomic E-state index is 0.153. The van der Waals surface area contributed by atoms with E-state index in [1.54, 1.807) is 0 Å². The number of hydrogen-bond donors (Lipinski definition) is 2. The quantitative estimate of drug-likeness (QED) is 0.418. The summed E-state index contributed by atoms with van der Waals surface area (Å²) < 4.78 is 8.70. The Labute approximate surface area is 200 Å². The Bertz CT molecular complexity index is 1070. The maximum absolute atomic E-state index is 11.3. The van der Waals surface area contributed by atoms with Crippen molar-refractivity contribution in [3.63, 3.8) is 0 Å². The summed E-state index contributed by atoms with van der Waals surface area (Å²) in [5.41, 5.74) is 3.30. The summed E-state index contributed by atoms with van der Waals surface area (Å²) in [5.74, 6) is 0. The molecule has 0 unspecified atom stereocenters. The van der Waals surface area contributed by atoms with Crippen molar-refractivity contribution in [2.24, 2.45) is 0 Å². The Morgan fingerprint density at radius 1 is 0.912 bits per heavy atom. The second-order valence-electron chi connectivity index (χ2n) is 8.73. The molecule has 0 radical (unpaired) electrons. The predicted molar refractivity (Wildman–Crippen MR) is 131 cm³/mol. The molecule has 0 saturated carbocycles. The monoisotopic (exact) mass is 454 g/mol. The van der Waals surface area contributed by atoms with Gasteiger partial charge < -0.3 is 15.2 Å². The number of benzene rings is 3. The fourth-order valence-electron chi connectivity index (χ4n) is 4.79. The lowest BCUT2D eigenvalue weighted by molar-refractivity contribution is -0.0508. The van der Waals surface area contributed by atoms with E-state index in [9.17, 15) is 5.11 Å². The Balaban J connectivity index is 1.49. The molecule has 5 rings (SSSR count). The fraction of sp³-hybridized carbons (Fsp3) is 0.286. The molecule has 2 heterocycles. The van der Waals surface area contributed by atoms with Crippen molar-refractivity contribution in [2.75, 3.05) is 13.2 Å². The van der Waals surface area contributed by atoms with Gasteiger partial charge in [-0.1, -0.05) is 96.2 Å². The lowest BCUT2D eigenvalue weighted by Gasteiger charge is -2.37. The molecule has 34 heavy (non-hydrogen) atoms. The van der Waals surface area contributed by atoms with Gasteiger partial charge >= 0.3 is 0 Å². The van der Waals surface area contributed by atoms with Crippen molar-refractivity contribution in [3.05, 3.63) is 120 Å². The van der Waals surface area contributed by atoms with Crippen LogP contribution < -0.4 is 5.32 Å². The van der Waals surface area contributed by atoms with Gasteiger partial charge in [0.2, 0.25) is 0 Å². The van der Waals surface area contributed by atoms with Crippen LogP contribution in [-0.4, -0.2) is 45.4 Å². The highest BCUT2D eigenvalue weighted by Crippen LogP contribution is 2.40. The van der Waals surface area contributed by atoms with Gasteiger partial charge in [0.25, 0.3) is 0 Å². The van der Waals surface area contributed by atoms with E-state index in [1.165, 1.54) is 0 Å². The number of aromatic nitrogens is 3. The van der Waals surface area contributed by atoms with E-state index in [-0.39, 0.29) is 12.6 Å². The first-order chi connectivity index (χ1) is 16.8. The van der Waals surface area contributed by atoms with Crippen LogP contribution in [0.3, 0.4) is 0 Å². The molecule has 4 aromatic rings. The zero-order valence-electron chi connectivity index (χ0n) is 19.1. The molecule has 1 aromatic heterocycles. The summed E-state index contributed by atoms with van der Waals surface area (Å²) in [4.78, 5) is 0. The third-order valence-electron chi connectivity index (χ3n) is 6.56. The van der Waals surface area contributed by atoms with Gasteiger partial charge in [-0.3, -0.25) is 0 Å². The molecule has 2 atom stereocenters. The molecule has 0 fully saturated rings. The van der Waals surface area contributed by atoms with Gasteiger partial charge in [0.05, 0.1) is 37.2 Å². The SMILES string of the molecule is O[C@H](COC(c1ccccc1)(c1ccccc1)c1ccccc1)[C@H]1Cn2nncc2CCCN1. The first-order valence-electron chi connectivity index (χ1n) is 11.9. The molecule has 0 saturated heterocycles. The standard InChI is InChI=1S/C28H30N4O2/c33-27(26-20-32-25(19-30-31-32)17-10-18-29-26)21-34-28(22-11-4-1-5-12-22,23-13-6-2-7-14-23)24-15-8-3-9-16-24/h1-9,11-16,19,26-27,29,33H,10,17-18,20-21H2/t26-,27-/m1/s1. The highest BCUT2D eigenvalue weighted by Gasteiger charge is 2.38. The topological polar surface area (TPSA) is 72.2 Å². The van der Waals surface area contributed by atoms with Gasteiger partial charge in [0, 0.05) is 0 Å². The second kappa shape index (κ2) is 10.3. The zero-order chi connectivity index (χ0) is 23.2. The van der Waals surface area contributed by atoms with E-state index in [0.29, 0.717) is 6.54 Å². The summed E-state index contributed by atoms with van der Waals surface area (Å²) >= 11 is 0.